The van der Waals surface area contributed by atoms with E-state index in [-0.39, 0.29) is 18.0 Å². The monoisotopic (exact) mass is 169 g/mol. The number of carbonyl (C=O) groups is 1. The van der Waals surface area contributed by atoms with Gasteiger partial charge in [0.15, 0.2) is 0 Å². The van der Waals surface area contributed by atoms with E-state index in [0.29, 0.717) is 5.69 Å². The minimum atomic E-state index is -0.281. The number of nitrogens with zero attached hydrogens (tertiary/aromatic N) is 1. The first-order valence-corrected chi connectivity index (χ1v) is 3.56. The topological polar surface area (TPSA) is 69.0 Å². The molecule has 0 aromatic carbocycles. The fourth-order valence-electron chi connectivity index (χ4n) is 0.787. The van der Waals surface area contributed by atoms with Gasteiger partial charge < -0.3 is 14.9 Å². The number of amides is 1. The lowest BCUT2D eigenvalue weighted by molar-refractivity contribution is -0.128. The summed E-state index contributed by atoms with van der Waals surface area (Å²) in [6, 6.07) is 0. The predicted octanol–water partition coefficient (Wildman–Crippen LogP) is -0.666. The van der Waals surface area contributed by atoms with E-state index in [0.717, 1.165) is 0 Å². The molecule has 0 saturated heterocycles. The van der Waals surface area contributed by atoms with Crippen LogP contribution in [0.15, 0.2) is 11.0 Å². The molecule has 0 aliphatic heterocycles. The first-order chi connectivity index (χ1) is 5.59. The second-order valence-electron chi connectivity index (χ2n) is 2.73. The SMILES string of the molecule is CN(C)C(=O)Cc1c[nH]c(=O)[nH]1. The molecule has 0 aliphatic rings. The Kier molecular flexibility index (Phi) is 2.32. The van der Waals surface area contributed by atoms with Crippen molar-refractivity contribution in [1.82, 2.24) is 14.9 Å². The van der Waals surface area contributed by atoms with Gasteiger partial charge in [0.25, 0.3) is 0 Å². The number of imidazole rings is 1. The molecule has 1 aromatic heterocycles. The van der Waals surface area contributed by atoms with Gasteiger partial charge in [0, 0.05) is 26.0 Å². The van der Waals surface area contributed by atoms with Crippen molar-refractivity contribution in [3.8, 4) is 0 Å². The molecule has 2 N–H and O–H groups in total. The van der Waals surface area contributed by atoms with Crippen LogP contribution in [0.3, 0.4) is 0 Å². The van der Waals surface area contributed by atoms with Gasteiger partial charge in [0.1, 0.15) is 0 Å². The summed E-state index contributed by atoms with van der Waals surface area (Å²) in [5.74, 6) is -0.0368. The van der Waals surface area contributed by atoms with E-state index < -0.39 is 0 Å². The Bertz CT molecular complexity index is 323. The molecule has 1 heterocycles. The molecule has 0 spiro atoms. The maximum Gasteiger partial charge on any atom is 0.323 e. The number of H-pyrrole nitrogens is 2. The molecule has 0 radical (unpaired) electrons. The fourth-order valence-corrected chi connectivity index (χ4v) is 0.787. The van der Waals surface area contributed by atoms with Crippen molar-refractivity contribution in [1.29, 1.82) is 0 Å². The average molecular weight is 169 g/mol. The van der Waals surface area contributed by atoms with E-state index in [1.54, 1.807) is 14.1 Å². The lowest BCUT2D eigenvalue weighted by atomic mass is 10.3. The quantitative estimate of drug-likeness (QED) is 0.616. The van der Waals surface area contributed by atoms with Gasteiger partial charge in [-0.15, -0.1) is 0 Å². The number of rotatable bonds is 2. The molecule has 0 saturated carbocycles. The molecule has 66 valence electrons. The average Bonchev–Trinajstić information content (AvgIpc) is 2.35. The Hall–Kier alpha value is -1.52. The number of carbonyl (C=O) groups excluding carboxylic acids is 1. The van der Waals surface area contributed by atoms with Crippen LogP contribution in [0.4, 0.5) is 0 Å². The summed E-state index contributed by atoms with van der Waals surface area (Å²) in [7, 11) is 3.35. The van der Waals surface area contributed by atoms with Gasteiger partial charge in [0.2, 0.25) is 5.91 Å². The highest BCUT2D eigenvalue weighted by molar-refractivity contribution is 5.77. The van der Waals surface area contributed by atoms with Crippen LogP contribution in [0.25, 0.3) is 0 Å². The summed E-state index contributed by atoms with van der Waals surface area (Å²) in [6.45, 7) is 0. The summed E-state index contributed by atoms with van der Waals surface area (Å²) in [4.78, 5) is 28.1. The van der Waals surface area contributed by atoms with Crippen LogP contribution in [0.5, 0.6) is 0 Å². The number of hydrogen-bond acceptors (Lipinski definition) is 2. The molecular weight excluding hydrogens is 158 g/mol. The third-order valence-corrected chi connectivity index (χ3v) is 1.49. The van der Waals surface area contributed by atoms with Crippen LogP contribution >= 0.6 is 0 Å². The molecule has 5 nitrogen and oxygen atoms in total. The van der Waals surface area contributed by atoms with Gasteiger partial charge >= 0.3 is 5.69 Å². The van der Waals surface area contributed by atoms with Crippen LogP contribution < -0.4 is 5.69 Å². The third kappa shape index (κ3) is 1.98. The lowest BCUT2D eigenvalue weighted by Gasteiger charge is -2.07. The highest BCUT2D eigenvalue weighted by atomic mass is 16.2. The molecular formula is C7H11N3O2. The summed E-state index contributed by atoms with van der Waals surface area (Å²) in [5.41, 5.74) is 0.329. The fraction of sp³-hybridized carbons (Fsp3) is 0.429. The maximum absolute atomic E-state index is 11.1. The first kappa shape index (κ1) is 8.58. The normalized spacial score (nSPS) is 9.83. The highest BCUT2D eigenvalue weighted by Crippen LogP contribution is 1.92. The Morgan fingerprint density at radius 3 is 2.67 bits per heavy atom. The minimum absolute atomic E-state index is 0.0368. The largest absolute Gasteiger partial charge is 0.348 e. The molecule has 1 amide bonds. The number of aromatic nitrogens is 2. The number of likely N-dealkylation sites (N-methyl/N-ethyl adjacent to an activating group) is 1. The number of aromatic amines is 2. The summed E-state index contributed by atoms with van der Waals surface area (Å²) >= 11 is 0. The van der Waals surface area contributed by atoms with Crippen molar-refractivity contribution in [3.05, 3.63) is 22.4 Å². The van der Waals surface area contributed by atoms with E-state index >= 15 is 0 Å². The Morgan fingerprint density at radius 2 is 2.25 bits per heavy atom. The first-order valence-electron chi connectivity index (χ1n) is 3.56. The van der Waals surface area contributed by atoms with Crippen molar-refractivity contribution >= 4 is 5.91 Å². The van der Waals surface area contributed by atoms with Crippen molar-refractivity contribution in [3.63, 3.8) is 0 Å². The maximum atomic E-state index is 11.1. The molecule has 1 rings (SSSR count). The van der Waals surface area contributed by atoms with Crippen LogP contribution in [-0.4, -0.2) is 34.9 Å². The Morgan fingerprint density at radius 1 is 1.58 bits per heavy atom. The van der Waals surface area contributed by atoms with E-state index in [9.17, 15) is 9.59 Å². The van der Waals surface area contributed by atoms with Crippen molar-refractivity contribution in [2.75, 3.05) is 14.1 Å². The summed E-state index contributed by atoms with van der Waals surface area (Å²) in [5, 5.41) is 0. The molecule has 1 aromatic rings. The zero-order valence-electron chi connectivity index (χ0n) is 7.05. The smallest absolute Gasteiger partial charge is 0.323 e. The van der Waals surface area contributed by atoms with Gasteiger partial charge in [-0.25, -0.2) is 4.79 Å². The highest BCUT2D eigenvalue weighted by Gasteiger charge is 2.06. The van der Waals surface area contributed by atoms with Gasteiger partial charge in [-0.2, -0.15) is 0 Å². The zero-order chi connectivity index (χ0) is 9.14. The van der Waals surface area contributed by atoms with Gasteiger partial charge in [-0.3, -0.25) is 4.79 Å². The lowest BCUT2D eigenvalue weighted by Crippen LogP contribution is -2.23. The van der Waals surface area contributed by atoms with Crippen molar-refractivity contribution < 1.29 is 4.79 Å². The number of hydrogen-bond donors (Lipinski definition) is 2. The van der Waals surface area contributed by atoms with Crippen molar-refractivity contribution in [2.24, 2.45) is 0 Å². The van der Waals surface area contributed by atoms with Crippen LogP contribution in [0.1, 0.15) is 5.69 Å². The predicted molar refractivity (Wildman–Crippen MR) is 43.8 cm³/mol. The second kappa shape index (κ2) is 3.25. The number of nitrogens with one attached hydrogen (secondary N) is 2. The van der Waals surface area contributed by atoms with E-state index in [1.165, 1.54) is 11.1 Å². The molecule has 0 bridgehead atoms. The third-order valence-electron chi connectivity index (χ3n) is 1.49. The molecule has 5 heteroatoms. The standard InChI is InChI=1S/C7H11N3O2/c1-10(2)6(11)3-5-4-8-7(12)9-5/h4H,3H2,1-2H3,(H2,8,9,12). The molecule has 0 unspecified atom stereocenters. The van der Waals surface area contributed by atoms with Crippen LogP contribution in [0, 0.1) is 0 Å². The van der Waals surface area contributed by atoms with Gasteiger partial charge in [-0.05, 0) is 0 Å². The van der Waals surface area contributed by atoms with E-state index in [2.05, 4.69) is 9.97 Å². The Labute approximate surface area is 69.4 Å². The molecule has 12 heavy (non-hydrogen) atoms. The van der Waals surface area contributed by atoms with Crippen LogP contribution in [-0.2, 0) is 11.2 Å². The molecule has 0 atom stereocenters. The second-order valence-corrected chi connectivity index (χ2v) is 2.73. The van der Waals surface area contributed by atoms with E-state index in [4.69, 9.17) is 0 Å². The molecule has 0 aliphatic carbocycles. The van der Waals surface area contributed by atoms with Gasteiger partial charge in [-0.1, -0.05) is 0 Å². The Balaban J connectivity index is 2.64. The van der Waals surface area contributed by atoms with Crippen LogP contribution in [0.2, 0.25) is 0 Å². The summed E-state index contributed by atoms with van der Waals surface area (Å²) in [6.07, 6.45) is 1.73. The van der Waals surface area contributed by atoms with E-state index in [1.807, 2.05) is 0 Å². The zero-order valence-corrected chi connectivity index (χ0v) is 7.05. The van der Waals surface area contributed by atoms with Crippen molar-refractivity contribution in [2.45, 2.75) is 6.42 Å². The molecule has 0 fully saturated rings. The summed E-state index contributed by atoms with van der Waals surface area (Å²) < 4.78 is 0. The minimum Gasteiger partial charge on any atom is -0.348 e. The van der Waals surface area contributed by atoms with Gasteiger partial charge in [0.05, 0.1) is 6.42 Å².